The lowest BCUT2D eigenvalue weighted by molar-refractivity contribution is -0.136. The van der Waals surface area contributed by atoms with E-state index in [-0.39, 0.29) is 5.91 Å². The molecule has 9 nitrogen and oxygen atoms in total. The van der Waals surface area contributed by atoms with Gasteiger partial charge in [0, 0.05) is 56.4 Å². The van der Waals surface area contributed by atoms with Crippen LogP contribution < -0.4 is 20.4 Å². The predicted molar refractivity (Wildman–Crippen MR) is 117 cm³/mol. The number of benzene rings is 1. The number of rotatable bonds is 5. The molecule has 0 saturated carbocycles. The lowest BCUT2D eigenvalue weighted by atomic mass is 9.97. The Kier molecular flexibility index (Phi) is 6.40. The van der Waals surface area contributed by atoms with Crippen molar-refractivity contribution in [2.45, 2.75) is 25.7 Å². The summed E-state index contributed by atoms with van der Waals surface area (Å²) < 4.78 is 0. The second-order valence-corrected chi connectivity index (χ2v) is 7.86. The van der Waals surface area contributed by atoms with Crippen LogP contribution in [0.25, 0.3) is 0 Å². The lowest BCUT2D eigenvalue weighted by Crippen LogP contribution is -2.42. The Morgan fingerprint density at radius 2 is 1.94 bits per heavy atom. The summed E-state index contributed by atoms with van der Waals surface area (Å²) in [5, 5.41) is 5.37. The quantitative estimate of drug-likeness (QED) is 0.709. The van der Waals surface area contributed by atoms with E-state index in [9.17, 15) is 14.4 Å². The molecule has 1 aromatic heterocycles. The van der Waals surface area contributed by atoms with Gasteiger partial charge in [-0.2, -0.15) is 0 Å². The third kappa shape index (κ3) is 5.17. The van der Waals surface area contributed by atoms with Gasteiger partial charge in [-0.1, -0.05) is 6.07 Å². The minimum atomic E-state index is -0.707. The number of piperidine rings is 1. The second kappa shape index (κ2) is 9.55. The summed E-state index contributed by atoms with van der Waals surface area (Å²) in [6, 6.07) is 7.01. The fourth-order valence-electron chi connectivity index (χ4n) is 4.00. The van der Waals surface area contributed by atoms with E-state index < -0.39 is 11.8 Å². The van der Waals surface area contributed by atoms with E-state index in [0.717, 1.165) is 43.9 Å². The van der Waals surface area contributed by atoms with Crippen LogP contribution in [0.4, 0.5) is 17.2 Å². The summed E-state index contributed by atoms with van der Waals surface area (Å²) in [5.74, 6) is -0.108. The first kappa shape index (κ1) is 20.8. The van der Waals surface area contributed by atoms with Crippen molar-refractivity contribution >= 4 is 34.9 Å². The highest BCUT2D eigenvalue weighted by Crippen LogP contribution is 2.24. The van der Waals surface area contributed by atoms with E-state index in [4.69, 9.17) is 0 Å². The molecule has 0 spiro atoms. The average Bonchev–Trinajstić information content (AvgIpc) is 3.24. The molecule has 31 heavy (non-hydrogen) atoms. The SMILES string of the molecule is O=C(NCC1CCN(c2cnccn2)CC1)C(=O)Nc1cccc(N2CCCC2=O)c1. The number of hydrogen-bond donors (Lipinski definition) is 2. The van der Waals surface area contributed by atoms with E-state index in [1.54, 1.807) is 41.7 Å². The highest BCUT2D eigenvalue weighted by molar-refractivity contribution is 6.39. The van der Waals surface area contributed by atoms with Crippen LogP contribution in [0.1, 0.15) is 25.7 Å². The fraction of sp³-hybridized carbons (Fsp3) is 0.409. The maximum atomic E-state index is 12.3. The minimum absolute atomic E-state index is 0.0755. The maximum absolute atomic E-state index is 12.3. The summed E-state index contributed by atoms with van der Waals surface area (Å²) in [7, 11) is 0. The van der Waals surface area contributed by atoms with Crippen molar-refractivity contribution in [2.24, 2.45) is 5.92 Å². The van der Waals surface area contributed by atoms with Crippen molar-refractivity contribution in [1.29, 1.82) is 0 Å². The first-order chi connectivity index (χ1) is 15.1. The average molecular weight is 422 g/mol. The van der Waals surface area contributed by atoms with Crippen molar-refractivity contribution in [3.8, 4) is 0 Å². The number of hydrogen-bond acceptors (Lipinski definition) is 6. The lowest BCUT2D eigenvalue weighted by Gasteiger charge is -2.32. The summed E-state index contributed by atoms with van der Waals surface area (Å²) in [6.07, 6.45) is 8.26. The molecule has 162 valence electrons. The van der Waals surface area contributed by atoms with E-state index in [1.165, 1.54) is 0 Å². The molecule has 3 amide bonds. The third-order valence-electron chi connectivity index (χ3n) is 5.73. The summed E-state index contributed by atoms with van der Waals surface area (Å²) in [4.78, 5) is 48.8. The molecule has 2 saturated heterocycles. The molecule has 0 atom stereocenters. The number of carbonyl (C=O) groups is 3. The van der Waals surface area contributed by atoms with E-state index in [0.29, 0.717) is 31.1 Å². The Bertz CT molecular complexity index is 943. The number of nitrogens with one attached hydrogen (secondary N) is 2. The maximum Gasteiger partial charge on any atom is 0.313 e. The molecule has 2 N–H and O–H groups in total. The summed E-state index contributed by atoms with van der Waals surface area (Å²) in [5.41, 5.74) is 1.23. The van der Waals surface area contributed by atoms with Gasteiger partial charge in [0.2, 0.25) is 5.91 Å². The topological polar surface area (TPSA) is 108 Å². The van der Waals surface area contributed by atoms with Crippen molar-refractivity contribution < 1.29 is 14.4 Å². The van der Waals surface area contributed by atoms with Gasteiger partial charge >= 0.3 is 11.8 Å². The van der Waals surface area contributed by atoms with Crippen molar-refractivity contribution in [3.05, 3.63) is 42.9 Å². The Hall–Kier alpha value is -3.49. The second-order valence-electron chi connectivity index (χ2n) is 7.86. The van der Waals surface area contributed by atoms with Crippen LogP contribution in [0.2, 0.25) is 0 Å². The Labute approximate surface area is 180 Å². The molecule has 2 fully saturated rings. The number of carbonyl (C=O) groups excluding carboxylic acids is 3. The highest BCUT2D eigenvalue weighted by atomic mass is 16.2. The van der Waals surface area contributed by atoms with Gasteiger partial charge in [-0.25, -0.2) is 4.98 Å². The van der Waals surface area contributed by atoms with Crippen LogP contribution in [0.5, 0.6) is 0 Å². The molecule has 0 unspecified atom stereocenters. The van der Waals surface area contributed by atoms with E-state index in [2.05, 4.69) is 25.5 Å². The van der Waals surface area contributed by atoms with E-state index >= 15 is 0 Å². The van der Waals surface area contributed by atoms with Gasteiger partial charge in [-0.05, 0) is 43.4 Å². The van der Waals surface area contributed by atoms with Crippen molar-refractivity contribution in [1.82, 2.24) is 15.3 Å². The van der Waals surface area contributed by atoms with E-state index in [1.807, 2.05) is 6.07 Å². The van der Waals surface area contributed by atoms with Crippen LogP contribution in [-0.2, 0) is 14.4 Å². The molecular formula is C22H26N6O3. The van der Waals surface area contributed by atoms with Gasteiger partial charge in [0.15, 0.2) is 0 Å². The van der Waals surface area contributed by atoms with Crippen LogP contribution >= 0.6 is 0 Å². The number of aromatic nitrogens is 2. The van der Waals surface area contributed by atoms with Crippen LogP contribution in [0, 0.1) is 5.92 Å². The first-order valence-electron chi connectivity index (χ1n) is 10.6. The molecule has 2 aliphatic rings. The third-order valence-corrected chi connectivity index (χ3v) is 5.73. The summed E-state index contributed by atoms with van der Waals surface area (Å²) in [6.45, 7) is 2.82. The molecule has 9 heteroatoms. The molecule has 0 aliphatic carbocycles. The largest absolute Gasteiger partial charge is 0.355 e. The number of anilines is 3. The van der Waals surface area contributed by atoms with Gasteiger partial charge < -0.3 is 20.4 Å². The Balaban J connectivity index is 1.23. The van der Waals surface area contributed by atoms with Crippen LogP contribution in [0.3, 0.4) is 0 Å². The highest BCUT2D eigenvalue weighted by Gasteiger charge is 2.24. The molecule has 0 radical (unpaired) electrons. The van der Waals surface area contributed by atoms with Gasteiger partial charge in [0.1, 0.15) is 5.82 Å². The monoisotopic (exact) mass is 422 g/mol. The van der Waals surface area contributed by atoms with Gasteiger partial charge in [0.05, 0.1) is 6.20 Å². The fourth-order valence-corrected chi connectivity index (χ4v) is 4.00. The molecular weight excluding hydrogens is 396 g/mol. The predicted octanol–water partition coefficient (Wildman–Crippen LogP) is 1.57. The molecule has 3 heterocycles. The molecule has 0 bridgehead atoms. The number of nitrogens with zero attached hydrogens (tertiary/aromatic N) is 4. The van der Waals surface area contributed by atoms with Gasteiger partial charge in [-0.3, -0.25) is 19.4 Å². The molecule has 1 aromatic carbocycles. The zero-order valence-electron chi connectivity index (χ0n) is 17.3. The standard InChI is InChI=1S/C22H26N6O3/c29-20-5-2-10-28(20)18-4-1-3-17(13-18)26-22(31)21(30)25-14-16-6-11-27(12-7-16)19-15-23-8-9-24-19/h1,3-4,8-9,13,15-16H,2,5-7,10-12,14H2,(H,25,30)(H,26,31). The van der Waals surface area contributed by atoms with Crippen molar-refractivity contribution in [3.63, 3.8) is 0 Å². The number of amides is 3. The van der Waals surface area contributed by atoms with Gasteiger partial charge in [0.25, 0.3) is 0 Å². The van der Waals surface area contributed by atoms with Crippen molar-refractivity contribution in [2.75, 3.05) is 41.3 Å². The zero-order chi connectivity index (χ0) is 21.6. The molecule has 4 rings (SSSR count). The van der Waals surface area contributed by atoms with Crippen LogP contribution in [0.15, 0.2) is 42.9 Å². The smallest absolute Gasteiger partial charge is 0.313 e. The van der Waals surface area contributed by atoms with Gasteiger partial charge in [-0.15, -0.1) is 0 Å². The minimum Gasteiger partial charge on any atom is -0.355 e. The Morgan fingerprint density at radius 1 is 1.10 bits per heavy atom. The molecule has 2 aliphatic heterocycles. The first-order valence-corrected chi connectivity index (χ1v) is 10.6. The molecule has 2 aromatic rings. The summed E-state index contributed by atoms with van der Waals surface area (Å²) >= 11 is 0. The normalized spacial score (nSPS) is 17.0. The zero-order valence-corrected chi connectivity index (χ0v) is 17.3. The Morgan fingerprint density at radius 3 is 2.65 bits per heavy atom. The van der Waals surface area contributed by atoms with Crippen LogP contribution in [-0.4, -0.2) is 53.9 Å².